The first-order valence-corrected chi connectivity index (χ1v) is 6.53. The fourth-order valence-electron chi connectivity index (χ4n) is 2.74. The molecule has 0 bridgehead atoms. The normalized spacial score (nSPS) is 18.9. The van der Waals surface area contributed by atoms with Crippen LogP contribution in [0, 0.1) is 5.92 Å². The molecule has 1 atom stereocenters. The third-order valence-corrected chi connectivity index (χ3v) is 3.82. The van der Waals surface area contributed by atoms with E-state index >= 15 is 0 Å². The Morgan fingerprint density at radius 1 is 1.17 bits per heavy atom. The molecule has 2 heterocycles. The van der Waals surface area contributed by atoms with Gasteiger partial charge in [-0.05, 0) is 36.5 Å². The summed E-state index contributed by atoms with van der Waals surface area (Å²) in [6.07, 6.45) is 3.96. The van der Waals surface area contributed by atoms with Crippen molar-refractivity contribution in [1.29, 1.82) is 0 Å². The number of nitrogens with two attached hydrogens (primary N) is 1. The second kappa shape index (κ2) is 5.04. The molecule has 3 nitrogen and oxygen atoms in total. The van der Waals surface area contributed by atoms with Crippen LogP contribution in [-0.4, -0.2) is 18.2 Å². The number of benzene rings is 1. The van der Waals surface area contributed by atoms with Crippen LogP contribution in [0.15, 0.2) is 36.5 Å². The van der Waals surface area contributed by atoms with E-state index in [-0.39, 0.29) is 6.04 Å². The second-order valence-corrected chi connectivity index (χ2v) is 4.89. The SMILES string of the molecule is N[C@H](c1ccnc2ccccc12)C1CCOCC1. The highest BCUT2D eigenvalue weighted by atomic mass is 16.5. The summed E-state index contributed by atoms with van der Waals surface area (Å²) in [5, 5.41) is 1.18. The van der Waals surface area contributed by atoms with E-state index in [4.69, 9.17) is 10.5 Å². The summed E-state index contributed by atoms with van der Waals surface area (Å²) in [5.74, 6) is 0.518. The van der Waals surface area contributed by atoms with Crippen molar-refractivity contribution in [2.45, 2.75) is 18.9 Å². The predicted octanol–water partition coefficient (Wildman–Crippen LogP) is 2.66. The van der Waals surface area contributed by atoms with Crippen molar-refractivity contribution in [2.24, 2.45) is 11.7 Å². The summed E-state index contributed by atoms with van der Waals surface area (Å²) >= 11 is 0. The minimum atomic E-state index is 0.0850. The van der Waals surface area contributed by atoms with Gasteiger partial charge in [0.05, 0.1) is 5.52 Å². The van der Waals surface area contributed by atoms with Crippen LogP contribution >= 0.6 is 0 Å². The summed E-state index contributed by atoms with van der Waals surface area (Å²) < 4.78 is 5.41. The molecule has 3 heteroatoms. The standard InChI is InChI=1S/C15H18N2O/c16-15(11-6-9-18-10-7-11)13-5-8-17-14-4-2-1-3-12(13)14/h1-5,8,11,15H,6-7,9-10,16H2/t15-/m0/s1. The molecule has 1 fully saturated rings. The Morgan fingerprint density at radius 2 is 1.94 bits per heavy atom. The fourth-order valence-corrected chi connectivity index (χ4v) is 2.74. The lowest BCUT2D eigenvalue weighted by molar-refractivity contribution is 0.0585. The molecule has 1 aliphatic heterocycles. The first kappa shape index (κ1) is 11.6. The van der Waals surface area contributed by atoms with Crippen LogP contribution in [0.4, 0.5) is 0 Å². The molecule has 1 aromatic heterocycles. The van der Waals surface area contributed by atoms with Gasteiger partial charge >= 0.3 is 0 Å². The number of nitrogens with zero attached hydrogens (tertiary/aromatic N) is 1. The van der Waals surface area contributed by atoms with Gasteiger partial charge in [-0.2, -0.15) is 0 Å². The lowest BCUT2D eigenvalue weighted by atomic mass is 9.86. The molecule has 2 aromatic rings. The van der Waals surface area contributed by atoms with Gasteiger partial charge < -0.3 is 10.5 Å². The average Bonchev–Trinajstić information content (AvgIpc) is 2.47. The van der Waals surface area contributed by atoms with Crippen LogP contribution in [0.25, 0.3) is 10.9 Å². The molecular formula is C15H18N2O. The van der Waals surface area contributed by atoms with Crippen molar-refractivity contribution in [1.82, 2.24) is 4.98 Å². The highest BCUT2D eigenvalue weighted by Crippen LogP contribution is 2.31. The maximum Gasteiger partial charge on any atom is 0.0705 e. The van der Waals surface area contributed by atoms with E-state index < -0.39 is 0 Å². The first-order valence-electron chi connectivity index (χ1n) is 6.53. The van der Waals surface area contributed by atoms with Crippen molar-refractivity contribution < 1.29 is 4.74 Å². The third kappa shape index (κ3) is 2.11. The maximum atomic E-state index is 6.45. The summed E-state index contributed by atoms with van der Waals surface area (Å²) in [7, 11) is 0. The lowest BCUT2D eigenvalue weighted by Crippen LogP contribution is -2.27. The number of hydrogen-bond acceptors (Lipinski definition) is 3. The molecule has 0 spiro atoms. The molecule has 1 aliphatic rings. The van der Waals surface area contributed by atoms with E-state index in [2.05, 4.69) is 17.1 Å². The molecule has 0 aliphatic carbocycles. The maximum absolute atomic E-state index is 6.45. The number of para-hydroxylation sites is 1. The van der Waals surface area contributed by atoms with Gasteiger partial charge in [-0.15, -0.1) is 0 Å². The van der Waals surface area contributed by atoms with Gasteiger partial charge in [-0.3, -0.25) is 4.98 Å². The zero-order chi connectivity index (χ0) is 12.4. The monoisotopic (exact) mass is 242 g/mol. The van der Waals surface area contributed by atoms with Gasteiger partial charge in [-0.1, -0.05) is 18.2 Å². The molecular weight excluding hydrogens is 224 g/mol. The number of hydrogen-bond donors (Lipinski definition) is 1. The van der Waals surface area contributed by atoms with E-state index in [0.717, 1.165) is 31.6 Å². The van der Waals surface area contributed by atoms with Gasteiger partial charge in [0, 0.05) is 30.8 Å². The third-order valence-electron chi connectivity index (χ3n) is 3.82. The quantitative estimate of drug-likeness (QED) is 0.880. The largest absolute Gasteiger partial charge is 0.381 e. The molecule has 18 heavy (non-hydrogen) atoms. The van der Waals surface area contributed by atoms with Crippen molar-refractivity contribution in [3.8, 4) is 0 Å². The molecule has 0 unspecified atom stereocenters. The van der Waals surface area contributed by atoms with Crippen LogP contribution in [0.3, 0.4) is 0 Å². The Hall–Kier alpha value is -1.45. The number of fused-ring (bicyclic) bond motifs is 1. The predicted molar refractivity (Wildman–Crippen MR) is 72.2 cm³/mol. The highest BCUT2D eigenvalue weighted by molar-refractivity contribution is 5.82. The highest BCUT2D eigenvalue weighted by Gasteiger charge is 2.23. The Morgan fingerprint density at radius 3 is 2.78 bits per heavy atom. The van der Waals surface area contributed by atoms with Crippen molar-refractivity contribution >= 4 is 10.9 Å². The van der Waals surface area contributed by atoms with Crippen LogP contribution in [0.5, 0.6) is 0 Å². The van der Waals surface area contributed by atoms with E-state index in [0.29, 0.717) is 5.92 Å². The van der Waals surface area contributed by atoms with E-state index in [1.165, 1.54) is 10.9 Å². The zero-order valence-corrected chi connectivity index (χ0v) is 10.4. The minimum absolute atomic E-state index is 0.0850. The van der Waals surface area contributed by atoms with Gasteiger partial charge in [-0.25, -0.2) is 0 Å². The van der Waals surface area contributed by atoms with Crippen molar-refractivity contribution in [2.75, 3.05) is 13.2 Å². The summed E-state index contributed by atoms with van der Waals surface area (Å²) in [4.78, 5) is 4.39. The van der Waals surface area contributed by atoms with Crippen molar-refractivity contribution in [3.63, 3.8) is 0 Å². The van der Waals surface area contributed by atoms with E-state index in [1.807, 2.05) is 24.4 Å². The topological polar surface area (TPSA) is 48.1 Å². The molecule has 94 valence electrons. The molecule has 0 amide bonds. The van der Waals surface area contributed by atoms with Crippen LogP contribution < -0.4 is 5.73 Å². The Kier molecular flexibility index (Phi) is 3.26. The van der Waals surface area contributed by atoms with Crippen LogP contribution in [0.1, 0.15) is 24.4 Å². The second-order valence-electron chi connectivity index (χ2n) is 4.89. The number of pyridine rings is 1. The number of ether oxygens (including phenoxy) is 1. The van der Waals surface area contributed by atoms with Crippen LogP contribution in [0.2, 0.25) is 0 Å². The smallest absolute Gasteiger partial charge is 0.0705 e. The molecule has 1 saturated heterocycles. The Bertz CT molecular complexity index is 530. The van der Waals surface area contributed by atoms with Crippen LogP contribution in [-0.2, 0) is 4.74 Å². The van der Waals surface area contributed by atoms with E-state index in [1.54, 1.807) is 0 Å². The van der Waals surface area contributed by atoms with Gasteiger partial charge in [0.15, 0.2) is 0 Å². The summed E-state index contributed by atoms with van der Waals surface area (Å²) in [6.45, 7) is 1.67. The van der Waals surface area contributed by atoms with Gasteiger partial charge in [0.2, 0.25) is 0 Å². The molecule has 0 saturated carbocycles. The fraction of sp³-hybridized carbons (Fsp3) is 0.400. The molecule has 1 aromatic carbocycles. The van der Waals surface area contributed by atoms with Crippen molar-refractivity contribution in [3.05, 3.63) is 42.1 Å². The Labute approximate surface area is 107 Å². The molecule has 0 radical (unpaired) electrons. The Balaban J connectivity index is 1.97. The molecule has 3 rings (SSSR count). The van der Waals surface area contributed by atoms with E-state index in [9.17, 15) is 0 Å². The number of rotatable bonds is 2. The zero-order valence-electron chi connectivity index (χ0n) is 10.4. The van der Waals surface area contributed by atoms with Gasteiger partial charge in [0.25, 0.3) is 0 Å². The summed E-state index contributed by atoms with van der Waals surface area (Å²) in [6, 6.07) is 10.3. The lowest BCUT2D eigenvalue weighted by Gasteiger charge is -2.28. The van der Waals surface area contributed by atoms with Gasteiger partial charge in [0.1, 0.15) is 0 Å². The summed E-state index contributed by atoms with van der Waals surface area (Å²) in [5.41, 5.74) is 8.69. The first-order chi connectivity index (χ1) is 8.86. The number of aromatic nitrogens is 1. The molecule has 2 N–H and O–H groups in total. The minimum Gasteiger partial charge on any atom is -0.381 e. The average molecular weight is 242 g/mol.